The number of allylic oxidation sites excluding steroid dienone is 2. The van der Waals surface area contributed by atoms with Crippen molar-refractivity contribution in [3.63, 3.8) is 0 Å². The minimum Gasteiger partial charge on any atom is -0.496 e. The van der Waals surface area contributed by atoms with Crippen LogP contribution in [0.5, 0.6) is 23.0 Å². The fraction of sp³-hybridized carbons (Fsp3) is 0.355. The van der Waals surface area contributed by atoms with Crippen molar-refractivity contribution in [1.29, 1.82) is 0 Å². The summed E-state index contributed by atoms with van der Waals surface area (Å²) in [7, 11) is 13.0. The van der Waals surface area contributed by atoms with Gasteiger partial charge in [0, 0.05) is 209 Å². The lowest BCUT2D eigenvalue weighted by Crippen LogP contribution is -2.36. The number of likely N-dealkylation sites (N-methyl/N-ethyl adjacent to an activating group) is 2. The van der Waals surface area contributed by atoms with Crippen molar-refractivity contribution >= 4 is 132 Å². The molecule has 134 heavy (non-hydrogen) atoms. The van der Waals surface area contributed by atoms with Crippen LogP contribution in [0.25, 0.3) is 0 Å². The number of nitrogen functional groups attached to an aromatic ring is 1. The maximum Gasteiger partial charge on any atom is 0.312 e. The molecule has 0 bridgehead atoms. The molecule has 4 aliphatic heterocycles. The van der Waals surface area contributed by atoms with Gasteiger partial charge in [-0.3, -0.25) is 73.3 Å². The maximum absolute atomic E-state index is 12.8. The number of carbonyl (C=O) groups is 8. The van der Waals surface area contributed by atoms with E-state index in [-0.39, 0.29) is 70.9 Å². The third-order valence-electron chi connectivity index (χ3n) is 19.4. The Bertz CT molecular complexity index is 5330. The molecule has 7 N–H and O–H groups in total. The molecule has 6 heterocycles. The molecule has 0 unspecified atom stereocenters. The summed E-state index contributed by atoms with van der Waals surface area (Å²) in [6, 6.07) is 33.1. The van der Waals surface area contributed by atoms with Gasteiger partial charge in [0.1, 0.15) is 17.3 Å². The number of aromatic nitrogens is 4. The molecule has 41 heteroatoms. The number of nitro groups is 2. The third kappa shape index (κ3) is 39.0. The standard InChI is InChI=1S/C32H35ClN4O5.C15H13Cl2N3O2.C15H19N3O5.C15H21N3O3.C11H11BrN2O4.C4H9NO.CH4O/c1-36(2)32(40)31(39)26-9-5-4-7-23(26)19-28-27(33)21-34-30(35-28)20-24-17-22(10-11-29(24)41-3)18-25(38)8-6-12-37-13-15-42-16-14-37;1-20(2)14(22)13(21)10-6-4-3-5-9(10)7-12-11(16)8-18-15(17)19-12;1-22-14-5-4-12(11-13(14)18(20)21)16-15(19)3-2-6-17-7-9-23-10-8-17;1-20-14-5-4-12(11-13(14)16)17-15(19)3-2-6-18-7-9-21-10-8-18;1-18-10-5-4-8(7-9(10)14(16)17)13-11(15)3-2-6-12;1-3-6-4-2-5-1;1-2/h4-11,17,21H,12-16,18-20H2,1-3H3;3-6,8H,7H2,1-2H3;2-5,11H,6-10H2,1H3,(H,16,19);2-5,11H,6-10,16H2,1H3,(H,17,19);2-5,7H,6H2,1H3,(H,13,15);5H,1-4H2;2H,1H3/b8-6+;;3*3-2+;;. The Hall–Kier alpha value is -12.4. The van der Waals surface area contributed by atoms with Crippen LogP contribution >= 0.6 is 50.7 Å². The number of hydrogen-bond donors (Lipinski definition) is 6. The number of anilines is 4. The first-order valence-corrected chi connectivity index (χ1v) is 44.2. The fourth-order valence-corrected chi connectivity index (χ4v) is 13.3. The second-order valence-electron chi connectivity index (χ2n) is 29.3. The van der Waals surface area contributed by atoms with Gasteiger partial charge in [-0.15, -0.1) is 0 Å². The molecule has 0 atom stereocenters. The van der Waals surface area contributed by atoms with E-state index in [2.05, 4.69) is 66.8 Å². The Morgan fingerprint density at radius 3 is 1.28 bits per heavy atom. The number of aliphatic hydroxyl groups excluding tert-OH is 1. The molecule has 12 rings (SSSR count). The first-order valence-electron chi connectivity index (χ1n) is 41.9. The third-order valence-corrected chi connectivity index (χ3v) is 20.6. The van der Waals surface area contributed by atoms with Gasteiger partial charge in [0.05, 0.1) is 124 Å². The van der Waals surface area contributed by atoms with Crippen LogP contribution < -0.4 is 45.9 Å². The number of methoxy groups -OCH3 is 4. The molecule has 4 aliphatic rings. The van der Waals surface area contributed by atoms with Gasteiger partial charge in [0.15, 0.2) is 17.3 Å². The van der Waals surface area contributed by atoms with Gasteiger partial charge in [-0.25, -0.2) is 19.9 Å². The van der Waals surface area contributed by atoms with Crippen LogP contribution in [0.15, 0.2) is 182 Å². The molecule has 4 fully saturated rings. The lowest BCUT2D eigenvalue weighted by atomic mass is 9.98. The fourth-order valence-electron chi connectivity index (χ4n) is 12.6. The molecule has 0 aliphatic carbocycles. The number of rotatable bonds is 32. The number of Topliss-reactive ketones (excluding diaryl/α,β-unsaturated/α-hetero) is 2. The Labute approximate surface area is 800 Å². The van der Waals surface area contributed by atoms with E-state index in [0.717, 1.165) is 123 Å². The monoisotopic (exact) mass is 1970 g/mol. The second kappa shape index (κ2) is 60.7. The Kier molecular flexibility index (Phi) is 50.0. The number of nitrogens with two attached hydrogens (primary N) is 1. The topological polar surface area (TPSA) is 459 Å². The lowest BCUT2D eigenvalue weighted by molar-refractivity contribution is -0.385. The highest BCUT2D eigenvalue weighted by Gasteiger charge is 2.26. The van der Waals surface area contributed by atoms with Crippen molar-refractivity contribution < 1.29 is 91.2 Å². The van der Waals surface area contributed by atoms with Crippen molar-refractivity contribution in [2.75, 3.05) is 216 Å². The zero-order chi connectivity index (χ0) is 97.9. The Morgan fingerprint density at radius 1 is 0.500 bits per heavy atom. The van der Waals surface area contributed by atoms with Crippen molar-refractivity contribution in [3.8, 4) is 23.0 Å². The molecule has 2 aromatic heterocycles. The van der Waals surface area contributed by atoms with Crippen LogP contribution in [0.2, 0.25) is 15.3 Å². The highest BCUT2D eigenvalue weighted by Crippen LogP contribution is 2.33. The molecule has 718 valence electrons. The van der Waals surface area contributed by atoms with Gasteiger partial charge in [0.25, 0.3) is 23.4 Å². The average Bonchev–Trinajstić information content (AvgIpc) is 0.821. The number of hydrogen-bond acceptors (Lipinski definition) is 30. The molecule has 0 saturated carbocycles. The number of benzene rings is 6. The highest BCUT2D eigenvalue weighted by molar-refractivity contribution is 9.09. The molecular weight excluding hydrogens is 1860 g/mol. The largest absolute Gasteiger partial charge is 0.496 e. The van der Waals surface area contributed by atoms with Gasteiger partial charge in [-0.2, -0.15) is 0 Å². The maximum atomic E-state index is 12.8. The summed E-state index contributed by atoms with van der Waals surface area (Å²) >= 11 is 21.4. The van der Waals surface area contributed by atoms with E-state index >= 15 is 0 Å². The predicted molar refractivity (Wildman–Crippen MR) is 515 cm³/mol. The summed E-state index contributed by atoms with van der Waals surface area (Å²) in [5.41, 5.74) is 11.9. The SMILES string of the molecule is C1COCCN1.CN(C)C(=O)C(=O)c1ccccc1Cc1nc(Cl)ncc1Cl.CO.COc1ccc(CC(=O)/C=C/CN2CCOCC2)cc1Cc1ncc(Cl)c(Cc2ccccc2C(=O)C(=O)N(C)C)n1.COc1ccc(NC(=O)/C=C/CBr)cc1[N+](=O)[O-].COc1ccc(NC(=O)/C=C/CN2CCOCC2)cc1N.COc1ccc(NC(=O)/C=C/CN2CCOCC2)cc1[N+](=O)[O-]. The number of nitro benzene ring substituents is 2. The van der Waals surface area contributed by atoms with E-state index in [4.69, 9.17) is 88.5 Å². The number of nitrogens with one attached hydrogen (secondary N) is 4. The van der Waals surface area contributed by atoms with E-state index < -0.39 is 33.2 Å². The molecule has 5 amide bonds. The van der Waals surface area contributed by atoms with E-state index in [1.165, 1.54) is 99.1 Å². The van der Waals surface area contributed by atoms with Gasteiger partial charge < -0.3 is 79.8 Å². The minimum absolute atomic E-state index is 0.0189. The van der Waals surface area contributed by atoms with Gasteiger partial charge >= 0.3 is 11.4 Å². The number of aliphatic hydroxyl groups is 1. The van der Waals surface area contributed by atoms with Crippen LogP contribution in [-0.2, 0) is 73.4 Å². The quantitative estimate of drug-likeness (QED) is 0.00333. The summed E-state index contributed by atoms with van der Waals surface area (Å²) in [6.45, 7) is 15.6. The summed E-state index contributed by atoms with van der Waals surface area (Å²) in [6.07, 6.45) is 17.2. The number of ketones is 3. The van der Waals surface area contributed by atoms with Crippen LogP contribution in [-0.4, -0.2) is 300 Å². The van der Waals surface area contributed by atoms with E-state index in [1.807, 2.05) is 30.4 Å². The summed E-state index contributed by atoms with van der Waals surface area (Å²) in [4.78, 5) is 144. The van der Waals surface area contributed by atoms with Crippen LogP contribution in [0.1, 0.15) is 60.2 Å². The number of halogens is 4. The van der Waals surface area contributed by atoms with Gasteiger partial charge in [0.2, 0.25) is 23.0 Å². The van der Waals surface area contributed by atoms with Crippen molar-refractivity contribution in [3.05, 3.63) is 268 Å². The molecule has 0 radical (unpaired) electrons. The summed E-state index contributed by atoms with van der Waals surface area (Å²) in [5, 5.41) is 41.1. The first kappa shape index (κ1) is 110. The number of ether oxygens (including phenoxy) is 8. The number of nitrogens with zero attached hydrogens (tertiary/aromatic N) is 11. The zero-order valence-electron chi connectivity index (χ0n) is 75.9. The molecular formula is C93H112BrCl3N16O21. The Balaban J connectivity index is 0.000000261. The van der Waals surface area contributed by atoms with E-state index in [1.54, 1.807) is 119 Å². The molecule has 0 spiro atoms. The molecule has 6 aromatic carbocycles. The van der Waals surface area contributed by atoms with Crippen LogP contribution in [0.4, 0.5) is 34.1 Å². The predicted octanol–water partition coefficient (Wildman–Crippen LogP) is 10.5. The highest BCUT2D eigenvalue weighted by atomic mass is 79.9. The summed E-state index contributed by atoms with van der Waals surface area (Å²) in [5.74, 6) is -1.13. The molecule has 37 nitrogen and oxygen atoms in total. The van der Waals surface area contributed by atoms with Gasteiger partial charge in [-0.1, -0.05) is 124 Å². The molecule has 4 saturated heterocycles. The minimum atomic E-state index is -0.602. The summed E-state index contributed by atoms with van der Waals surface area (Å²) < 4.78 is 41.3. The van der Waals surface area contributed by atoms with E-state index in [0.29, 0.717) is 115 Å². The zero-order valence-corrected chi connectivity index (χ0v) is 79.8. The van der Waals surface area contributed by atoms with Crippen LogP contribution in [0.3, 0.4) is 0 Å². The van der Waals surface area contributed by atoms with Crippen molar-refractivity contribution in [2.45, 2.75) is 25.7 Å². The molecule has 8 aromatic rings. The lowest BCUT2D eigenvalue weighted by Gasteiger charge is -2.25. The van der Waals surface area contributed by atoms with Crippen molar-refractivity contribution in [1.82, 2.24) is 49.8 Å². The normalized spacial score (nSPS) is 13.7. The second-order valence-corrected chi connectivity index (χ2v) is 31.1. The van der Waals surface area contributed by atoms with Crippen molar-refractivity contribution in [2.24, 2.45) is 0 Å². The van der Waals surface area contributed by atoms with Gasteiger partial charge in [-0.05, 0) is 82.9 Å². The van der Waals surface area contributed by atoms with E-state index in [9.17, 15) is 58.6 Å². The number of alkyl halides is 1. The number of amides is 5. The first-order chi connectivity index (χ1) is 64.5. The number of morpholine rings is 4. The Morgan fingerprint density at radius 2 is 0.888 bits per heavy atom. The number of carbonyl (C=O) groups excluding carboxylic acids is 8. The smallest absolute Gasteiger partial charge is 0.312 e. The average molecular weight is 1980 g/mol. The van der Waals surface area contributed by atoms with Crippen LogP contribution in [0, 0.1) is 20.2 Å².